The Bertz CT molecular complexity index is 285. The van der Waals surface area contributed by atoms with Crippen LogP contribution in [0.2, 0.25) is 0 Å². The maximum absolute atomic E-state index is 5.26. The molecule has 0 saturated carbocycles. The van der Waals surface area contributed by atoms with E-state index in [1.54, 1.807) is 0 Å². The van der Waals surface area contributed by atoms with Crippen molar-refractivity contribution in [3.63, 3.8) is 0 Å². The molecule has 0 aliphatic carbocycles. The topological polar surface area (TPSA) is 52.0 Å². The summed E-state index contributed by atoms with van der Waals surface area (Å²) < 4.78 is 7.08. The molecule has 0 fully saturated rings. The molecule has 5 nitrogen and oxygen atoms in total. The van der Waals surface area contributed by atoms with Gasteiger partial charge in [0.25, 0.3) is 0 Å². The lowest BCUT2D eigenvalue weighted by Crippen LogP contribution is -2.19. The fourth-order valence-electron chi connectivity index (χ4n) is 1.32. The first kappa shape index (κ1) is 13.1. The summed E-state index contributed by atoms with van der Waals surface area (Å²) in [7, 11) is 0. The smallest absolute Gasteiger partial charge is 0.0964 e. The fourth-order valence-corrected chi connectivity index (χ4v) is 1.32. The summed E-state index contributed by atoms with van der Waals surface area (Å²) in [5, 5.41) is 11.5. The van der Waals surface area contributed by atoms with Gasteiger partial charge in [-0.2, -0.15) is 0 Å². The van der Waals surface area contributed by atoms with Crippen LogP contribution in [0.15, 0.2) is 6.20 Å². The van der Waals surface area contributed by atoms with E-state index in [4.69, 9.17) is 4.74 Å². The standard InChI is InChI=1S/C11H22N4O/c1-4-16-6-5-15-9-11(13-14-15)8-12-7-10(2)3/h9-10,12H,4-8H2,1-3H3. The zero-order valence-corrected chi connectivity index (χ0v) is 10.4. The highest BCUT2D eigenvalue weighted by Crippen LogP contribution is 1.94. The molecule has 0 aliphatic heterocycles. The van der Waals surface area contributed by atoms with Gasteiger partial charge in [-0.25, -0.2) is 4.68 Å². The first-order valence-electron chi connectivity index (χ1n) is 5.89. The van der Waals surface area contributed by atoms with Gasteiger partial charge < -0.3 is 10.1 Å². The van der Waals surface area contributed by atoms with Crippen molar-refractivity contribution in [3.8, 4) is 0 Å². The molecule has 1 aromatic rings. The van der Waals surface area contributed by atoms with Crippen molar-refractivity contribution >= 4 is 0 Å². The molecule has 0 saturated heterocycles. The average Bonchev–Trinajstić information content (AvgIpc) is 2.66. The molecule has 0 spiro atoms. The van der Waals surface area contributed by atoms with Gasteiger partial charge in [-0.1, -0.05) is 19.1 Å². The van der Waals surface area contributed by atoms with E-state index in [1.165, 1.54) is 0 Å². The Labute approximate surface area is 97.2 Å². The minimum atomic E-state index is 0.660. The molecule has 1 N–H and O–H groups in total. The number of rotatable bonds is 8. The number of ether oxygens (including phenoxy) is 1. The van der Waals surface area contributed by atoms with Crippen molar-refractivity contribution in [2.24, 2.45) is 5.92 Å². The van der Waals surface area contributed by atoms with Crippen LogP contribution in [0.4, 0.5) is 0 Å². The number of hydrogen-bond acceptors (Lipinski definition) is 4. The van der Waals surface area contributed by atoms with E-state index in [0.717, 1.165) is 31.9 Å². The van der Waals surface area contributed by atoms with Gasteiger partial charge in [0.1, 0.15) is 0 Å². The van der Waals surface area contributed by atoms with Crippen molar-refractivity contribution in [1.29, 1.82) is 0 Å². The van der Waals surface area contributed by atoms with Crippen LogP contribution in [0, 0.1) is 5.92 Å². The van der Waals surface area contributed by atoms with Crippen molar-refractivity contribution < 1.29 is 4.74 Å². The van der Waals surface area contributed by atoms with Crippen LogP contribution in [0.25, 0.3) is 0 Å². The summed E-state index contributed by atoms with van der Waals surface area (Å²) in [5.74, 6) is 0.660. The number of nitrogens with one attached hydrogen (secondary N) is 1. The third-order valence-electron chi connectivity index (χ3n) is 2.11. The van der Waals surface area contributed by atoms with E-state index in [1.807, 2.05) is 17.8 Å². The highest BCUT2D eigenvalue weighted by Gasteiger charge is 2.00. The summed E-state index contributed by atoms with van der Waals surface area (Å²) in [5.41, 5.74) is 0.983. The predicted octanol–water partition coefficient (Wildman–Crippen LogP) is 1.06. The zero-order chi connectivity index (χ0) is 11.8. The zero-order valence-electron chi connectivity index (χ0n) is 10.4. The van der Waals surface area contributed by atoms with Crippen LogP contribution in [0.1, 0.15) is 26.5 Å². The molecular formula is C11H22N4O. The number of hydrogen-bond donors (Lipinski definition) is 1. The molecule has 0 amide bonds. The first-order valence-corrected chi connectivity index (χ1v) is 5.89. The summed E-state index contributed by atoms with van der Waals surface area (Å²) in [6.07, 6.45) is 1.96. The van der Waals surface area contributed by atoms with Crippen LogP contribution in [0.3, 0.4) is 0 Å². The van der Waals surface area contributed by atoms with E-state index in [0.29, 0.717) is 12.5 Å². The minimum Gasteiger partial charge on any atom is -0.380 e. The van der Waals surface area contributed by atoms with E-state index >= 15 is 0 Å². The lowest BCUT2D eigenvalue weighted by molar-refractivity contribution is 0.136. The van der Waals surface area contributed by atoms with Gasteiger partial charge in [-0.3, -0.25) is 0 Å². The molecule has 0 unspecified atom stereocenters. The molecule has 1 rings (SSSR count). The maximum atomic E-state index is 5.26. The van der Waals surface area contributed by atoms with Gasteiger partial charge in [0.15, 0.2) is 0 Å². The Morgan fingerprint density at radius 1 is 1.50 bits per heavy atom. The molecule has 0 aromatic carbocycles. The molecule has 1 aromatic heterocycles. The van der Waals surface area contributed by atoms with Crippen LogP contribution in [-0.4, -0.2) is 34.8 Å². The van der Waals surface area contributed by atoms with Crippen molar-refractivity contribution in [2.45, 2.75) is 33.9 Å². The normalized spacial score (nSPS) is 11.2. The first-order chi connectivity index (χ1) is 7.72. The fraction of sp³-hybridized carbons (Fsp3) is 0.818. The Morgan fingerprint density at radius 3 is 3.00 bits per heavy atom. The van der Waals surface area contributed by atoms with E-state index in [2.05, 4.69) is 29.5 Å². The molecule has 5 heteroatoms. The Hall–Kier alpha value is -0.940. The molecule has 0 radical (unpaired) electrons. The van der Waals surface area contributed by atoms with Gasteiger partial charge >= 0.3 is 0 Å². The Kier molecular flexibility index (Phi) is 6.03. The summed E-state index contributed by atoms with van der Waals surface area (Å²) in [6, 6.07) is 0. The van der Waals surface area contributed by atoms with Gasteiger partial charge in [-0.15, -0.1) is 5.10 Å². The lowest BCUT2D eigenvalue weighted by Gasteiger charge is -2.04. The molecule has 0 atom stereocenters. The van der Waals surface area contributed by atoms with Crippen LogP contribution < -0.4 is 5.32 Å². The lowest BCUT2D eigenvalue weighted by atomic mass is 10.2. The third-order valence-corrected chi connectivity index (χ3v) is 2.11. The van der Waals surface area contributed by atoms with Gasteiger partial charge in [0.2, 0.25) is 0 Å². The van der Waals surface area contributed by atoms with Crippen molar-refractivity contribution in [2.75, 3.05) is 19.8 Å². The minimum absolute atomic E-state index is 0.660. The van der Waals surface area contributed by atoms with Gasteiger partial charge in [0.05, 0.1) is 18.8 Å². The summed E-state index contributed by atoms with van der Waals surface area (Å²) in [6.45, 7) is 10.4. The highest BCUT2D eigenvalue weighted by atomic mass is 16.5. The monoisotopic (exact) mass is 226 g/mol. The van der Waals surface area contributed by atoms with Crippen molar-refractivity contribution in [1.82, 2.24) is 20.3 Å². The molecule has 0 aliphatic rings. The SMILES string of the molecule is CCOCCn1cc(CNCC(C)C)nn1. The number of aromatic nitrogens is 3. The molecule has 92 valence electrons. The highest BCUT2D eigenvalue weighted by molar-refractivity contribution is 4.91. The second-order valence-electron chi connectivity index (χ2n) is 4.19. The average molecular weight is 226 g/mol. The number of nitrogens with zero attached hydrogens (tertiary/aromatic N) is 3. The van der Waals surface area contributed by atoms with Crippen LogP contribution in [-0.2, 0) is 17.8 Å². The Balaban J connectivity index is 2.22. The van der Waals surface area contributed by atoms with E-state index < -0.39 is 0 Å². The molecule has 16 heavy (non-hydrogen) atoms. The second-order valence-corrected chi connectivity index (χ2v) is 4.19. The van der Waals surface area contributed by atoms with Crippen molar-refractivity contribution in [3.05, 3.63) is 11.9 Å². The third kappa shape index (κ3) is 5.23. The van der Waals surface area contributed by atoms with Gasteiger partial charge in [0, 0.05) is 19.3 Å². The quantitative estimate of drug-likeness (QED) is 0.673. The maximum Gasteiger partial charge on any atom is 0.0964 e. The summed E-state index contributed by atoms with van der Waals surface area (Å²) in [4.78, 5) is 0. The van der Waals surface area contributed by atoms with E-state index in [9.17, 15) is 0 Å². The Morgan fingerprint density at radius 2 is 2.31 bits per heavy atom. The van der Waals surface area contributed by atoms with Crippen LogP contribution >= 0.6 is 0 Å². The van der Waals surface area contributed by atoms with Crippen LogP contribution in [0.5, 0.6) is 0 Å². The largest absolute Gasteiger partial charge is 0.380 e. The van der Waals surface area contributed by atoms with E-state index in [-0.39, 0.29) is 0 Å². The molecular weight excluding hydrogens is 204 g/mol. The second kappa shape index (κ2) is 7.35. The van der Waals surface area contributed by atoms with Gasteiger partial charge in [-0.05, 0) is 19.4 Å². The molecule has 0 bridgehead atoms. The molecule has 1 heterocycles. The summed E-state index contributed by atoms with van der Waals surface area (Å²) >= 11 is 0. The predicted molar refractivity (Wildman–Crippen MR) is 63.1 cm³/mol.